The minimum absolute atomic E-state index is 0.266. The summed E-state index contributed by atoms with van der Waals surface area (Å²) in [5, 5.41) is 0. The molecule has 4 heteroatoms. The molecule has 1 saturated carbocycles. The predicted molar refractivity (Wildman–Crippen MR) is 71.1 cm³/mol. The number of amides is 1. The van der Waals surface area contributed by atoms with E-state index in [4.69, 9.17) is 10.5 Å². The van der Waals surface area contributed by atoms with Gasteiger partial charge in [0, 0.05) is 32.8 Å². The Bertz CT molecular complexity index is 284. The number of hydrogen-bond acceptors (Lipinski definition) is 3. The molecule has 0 unspecified atom stereocenters. The molecule has 2 fully saturated rings. The lowest BCUT2D eigenvalue weighted by atomic mass is 9.78. The average molecular weight is 254 g/mol. The van der Waals surface area contributed by atoms with Crippen molar-refractivity contribution >= 4 is 5.91 Å². The summed E-state index contributed by atoms with van der Waals surface area (Å²) in [6.45, 7) is 5.60. The second-order valence-corrected chi connectivity index (χ2v) is 5.74. The smallest absolute Gasteiger partial charge is 0.230 e. The van der Waals surface area contributed by atoms with Crippen LogP contribution in [0, 0.1) is 11.3 Å². The van der Waals surface area contributed by atoms with E-state index in [9.17, 15) is 4.79 Å². The molecular formula is C14H26N2O2. The van der Waals surface area contributed by atoms with E-state index in [1.807, 2.05) is 4.90 Å². The van der Waals surface area contributed by atoms with Crippen molar-refractivity contribution in [2.24, 2.45) is 17.1 Å². The summed E-state index contributed by atoms with van der Waals surface area (Å²) in [6.07, 6.45) is 5.45. The fraction of sp³-hybridized carbons (Fsp3) is 0.929. The third-order valence-corrected chi connectivity index (χ3v) is 4.67. The van der Waals surface area contributed by atoms with Crippen LogP contribution in [0.25, 0.3) is 0 Å². The Balaban J connectivity index is 2.00. The molecule has 0 aromatic rings. The Morgan fingerprint density at radius 3 is 2.50 bits per heavy atom. The third-order valence-electron chi connectivity index (χ3n) is 4.67. The first-order valence-electron chi connectivity index (χ1n) is 7.29. The van der Waals surface area contributed by atoms with Crippen molar-refractivity contribution in [2.75, 3.05) is 32.8 Å². The molecule has 104 valence electrons. The van der Waals surface area contributed by atoms with Crippen LogP contribution in [0.2, 0.25) is 0 Å². The summed E-state index contributed by atoms with van der Waals surface area (Å²) in [5.41, 5.74) is 5.56. The molecule has 0 spiro atoms. The van der Waals surface area contributed by atoms with Gasteiger partial charge in [0.1, 0.15) is 0 Å². The van der Waals surface area contributed by atoms with Crippen LogP contribution in [0.4, 0.5) is 0 Å². The highest BCUT2D eigenvalue weighted by Gasteiger charge is 2.41. The summed E-state index contributed by atoms with van der Waals surface area (Å²) in [4.78, 5) is 14.8. The van der Waals surface area contributed by atoms with Crippen LogP contribution in [0.1, 0.15) is 39.0 Å². The Kier molecular flexibility index (Phi) is 4.62. The number of hydrogen-bond donors (Lipinski definition) is 1. The van der Waals surface area contributed by atoms with E-state index in [1.165, 1.54) is 19.3 Å². The van der Waals surface area contributed by atoms with E-state index in [2.05, 4.69) is 6.92 Å². The topological polar surface area (TPSA) is 55.6 Å². The lowest BCUT2D eigenvalue weighted by Crippen LogP contribution is -2.52. The Hall–Kier alpha value is -0.610. The van der Waals surface area contributed by atoms with Gasteiger partial charge in [0.15, 0.2) is 0 Å². The Morgan fingerprint density at radius 2 is 2.06 bits per heavy atom. The van der Waals surface area contributed by atoms with Crippen molar-refractivity contribution < 1.29 is 9.53 Å². The molecule has 0 atom stereocenters. The molecule has 0 radical (unpaired) electrons. The van der Waals surface area contributed by atoms with E-state index in [1.54, 1.807) is 0 Å². The van der Waals surface area contributed by atoms with Gasteiger partial charge >= 0.3 is 0 Å². The fourth-order valence-electron chi connectivity index (χ4n) is 2.95. The molecule has 0 aromatic carbocycles. The lowest BCUT2D eigenvalue weighted by molar-refractivity contribution is -0.148. The van der Waals surface area contributed by atoms with Gasteiger partial charge < -0.3 is 15.4 Å². The number of carbonyl (C=O) groups excluding carboxylic acids is 1. The maximum Gasteiger partial charge on any atom is 0.230 e. The first-order valence-corrected chi connectivity index (χ1v) is 7.29. The average Bonchev–Trinajstić information content (AvgIpc) is 2.38. The molecule has 1 heterocycles. The first-order chi connectivity index (χ1) is 8.72. The van der Waals surface area contributed by atoms with Gasteiger partial charge in [0.25, 0.3) is 0 Å². The van der Waals surface area contributed by atoms with Crippen molar-refractivity contribution in [3.05, 3.63) is 0 Å². The van der Waals surface area contributed by atoms with Crippen molar-refractivity contribution in [1.82, 2.24) is 4.90 Å². The highest BCUT2D eigenvalue weighted by Crippen LogP contribution is 2.33. The zero-order valence-corrected chi connectivity index (χ0v) is 11.5. The minimum atomic E-state index is -0.349. The maximum absolute atomic E-state index is 12.7. The minimum Gasteiger partial charge on any atom is -0.381 e. The van der Waals surface area contributed by atoms with E-state index < -0.39 is 0 Å². The van der Waals surface area contributed by atoms with Gasteiger partial charge in [-0.05, 0) is 38.5 Å². The van der Waals surface area contributed by atoms with Crippen LogP contribution in [0.3, 0.4) is 0 Å². The molecule has 1 saturated heterocycles. The summed E-state index contributed by atoms with van der Waals surface area (Å²) < 4.78 is 5.38. The van der Waals surface area contributed by atoms with Crippen molar-refractivity contribution in [3.8, 4) is 0 Å². The quantitative estimate of drug-likeness (QED) is 0.806. The third kappa shape index (κ3) is 2.69. The number of carbonyl (C=O) groups is 1. The zero-order chi connectivity index (χ0) is 13.0. The van der Waals surface area contributed by atoms with Gasteiger partial charge in [0.2, 0.25) is 5.91 Å². The molecule has 2 rings (SSSR count). The Labute approximate surface area is 110 Å². The second-order valence-electron chi connectivity index (χ2n) is 5.74. The van der Waals surface area contributed by atoms with Gasteiger partial charge in [-0.2, -0.15) is 0 Å². The maximum atomic E-state index is 12.7. The van der Waals surface area contributed by atoms with Gasteiger partial charge in [-0.1, -0.05) is 6.42 Å². The largest absolute Gasteiger partial charge is 0.381 e. The Morgan fingerprint density at radius 1 is 1.39 bits per heavy atom. The van der Waals surface area contributed by atoms with Gasteiger partial charge in [-0.25, -0.2) is 0 Å². The normalized spacial score (nSPS) is 23.4. The summed E-state index contributed by atoms with van der Waals surface area (Å²) in [5.74, 6) is 0.992. The summed E-state index contributed by atoms with van der Waals surface area (Å²) in [7, 11) is 0. The van der Waals surface area contributed by atoms with Crippen LogP contribution < -0.4 is 5.73 Å². The van der Waals surface area contributed by atoms with Crippen molar-refractivity contribution in [3.63, 3.8) is 0 Å². The fourth-order valence-corrected chi connectivity index (χ4v) is 2.95. The molecule has 1 amide bonds. The molecule has 4 nitrogen and oxygen atoms in total. The van der Waals surface area contributed by atoms with Gasteiger partial charge in [-0.3, -0.25) is 4.79 Å². The molecular weight excluding hydrogens is 228 g/mol. The molecule has 0 bridgehead atoms. The SMILES string of the molecule is CCN(CC1CCC1)C(=O)C1(CN)CCOCC1. The number of nitrogens with zero attached hydrogens (tertiary/aromatic N) is 1. The highest BCUT2D eigenvalue weighted by molar-refractivity contribution is 5.83. The molecule has 1 aliphatic carbocycles. The van der Waals surface area contributed by atoms with Crippen LogP contribution in [-0.2, 0) is 9.53 Å². The van der Waals surface area contributed by atoms with Gasteiger partial charge in [-0.15, -0.1) is 0 Å². The highest BCUT2D eigenvalue weighted by atomic mass is 16.5. The van der Waals surface area contributed by atoms with Crippen molar-refractivity contribution in [1.29, 1.82) is 0 Å². The standard InChI is InChI=1S/C14H26N2O2/c1-2-16(10-12-4-3-5-12)13(17)14(11-15)6-8-18-9-7-14/h12H,2-11,15H2,1H3. The van der Waals surface area contributed by atoms with Crippen LogP contribution in [0.5, 0.6) is 0 Å². The molecule has 2 N–H and O–H groups in total. The first kappa shape index (κ1) is 13.8. The number of rotatable bonds is 5. The summed E-state index contributed by atoms with van der Waals surface area (Å²) in [6, 6.07) is 0. The lowest BCUT2D eigenvalue weighted by Gasteiger charge is -2.40. The molecule has 2 aliphatic rings. The van der Waals surface area contributed by atoms with Crippen LogP contribution in [-0.4, -0.2) is 43.7 Å². The van der Waals surface area contributed by atoms with E-state index in [0.29, 0.717) is 19.8 Å². The molecule has 18 heavy (non-hydrogen) atoms. The predicted octanol–water partition coefficient (Wildman–Crippen LogP) is 1.39. The van der Waals surface area contributed by atoms with E-state index in [0.717, 1.165) is 31.8 Å². The van der Waals surface area contributed by atoms with Gasteiger partial charge in [0.05, 0.1) is 5.41 Å². The monoisotopic (exact) mass is 254 g/mol. The summed E-state index contributed by atoms with van der Waals surface area (Å²) >= 11 is 0. The number of ether oxygens (including phenoxy) is 1. The molecule has 1 aliphatic heterocycles. The van der Waals surface area contributed by atoms with Crippen LogP contribution >= 0.6 is 0 Å². The number of nitrogens with two attached hydrogens (primary N) is 1. The zero-order valence-electron chi connectivity index (χ0n) is 11.5. The van der Waals surface area contributed by atoms with Crippen LogP contribution in [0.15, 0.2) is 0 Å². The van der Waals surface area contributed by atoms with Crippen molar-refractivity contribution in [2.45, 2.75) is 39.0 Å². The molecule has 0 aromatic heterocycles. The second kappa shape index (κ2) is 6.02. The van der Waals surface area contributed by atoms with E-state index in [-0.39, 0.29) is 11.3 Å². The van der Waals surface area contributed by atoms with E-state index >= 15 is 0 Å².